The van der Waals surface area contributed by atoms with Crippen molar-refractivity contribution in [1.82, 2.24) is 15.3 Å². The zero-order valence-corrected chi connectivity index (χ0v) is 16.1. The van der Waals surface area contributed by atoms with E-state index in [4.69, 9.17) is 9.47 Å². The standard InChI is InChI=1S/C18H20BFN4O6/c1-29-11-15(23-17(25)14-10-21-7-8-22-14)18(26)24-16(19(27)28)6-9-30-13-4-2-12(20)3-5-13/h2-5,7-8,10,15,27-28H,6,9,11H2,1H3,(H,23,25). The minimum Gasteiger partial charge on any atom is -0.493 e. The van der Waals surface area contributed by atoms with Gasteiger partial charge in [-0.25, -0.2) is 14.4 Å². The summed E-state index contributed by atoms with van der Waals surface area (Å²) in [6.07, 6.45) is 3.84. The number of hydrogen-bond acceptors (Lipinski definition) is 8. The molecule has 158 valence electrons. The van der Waals surface area contributed by atoms with Gasteiger partial charge in [0.25, 0.3) is 11.8 Å². The molecule has 30 heavy (non-hydrogen) atoms. The molecule has 1 heterocycles. The van der Waals surface area contributed by atoms with Gasteiger partial charge in [0.05, 0.1) is 25.0 Å². The largest absolute Gasteiger partial charge is 0.503 e. The van der Waals surface area contributed by atoms with Gasteiger partial charge in [-0.15, -0.1) is 0 Å². The monoisotopic (exact) mass is 418 g/mol. The number of aromatic nitrogens is 2. The van der Waals surface area contributed by atoms with Crippen LogP contribution < -0.4 is 10.1 Å². The molecule has 3 N–H and O–H groups in total. The lowest BCUT2D eigenvalue weighted by atomic mass is 9.81. The Morgan fingerprint density at radius 1 is 1.27 bits per heavy atom. The van der Waals surface area contributed by atoms with Crippen molar-refractivity contribution in [3.8, 4) is 5.75 Å². The van der Waals surface area contributed by atoms with Crippen molar-refractivity contribution in [2.45, 2.75) is 12.5 Å². The fourth-order valence-electron chi connectivity index (χ4n) is 2.26. The summed E-state index contributed by atoms with van der Waals surface area (Å²) in [6.45, 7) is -0.245. The molecule has 1 unspecified atom stereocenters. The molecule has 0 aliphatic carbocycles. The summed E-state index contributed by atoms with van der Waals surface area (Å²) in [5, 5.41) is 21.4. The molecule has 2 amide bonds. The Labute approximate surface area is 171 Å². The smallest absolute Gasteiger partial charge is 0.493 e. The van der Waals surface area contributed by atoms with E-state index in [2.05, 4.69) is 20.3 Å². The molecule has 0 bridgehead atoms. The number of benzene rings is 1. The van der Waals surface area contributed by atoms with Crippen molar-refractivity contribution in [2.24, 2.45) is 4.99 Å². The summed E-state index contributed by atoms with van der Waals surface area (Å²) in [5.41, 5.74) is -0.275. The van der Waals surface area contributed by atoms with Gasteiger partial charge < -0.3 is 24.8 Å². The van der Waals surface area contributed by atoms with E-state index < -0.39 is 30.8 Å². The van der Waals surface area contributed by atoms with Gasteiger partial charge in [0.1, 0.15) is 23.3 Å². The molecule has 0 aliphatic rings. The van der Waals surface area contributed by atoms with Crippen LogP contribution >= 0.6 is 0 Å². The second kappa shape index (κ2) is 11.7. The predicted octanol–water partition coefficient (Wildman–Crippen LogP) is -0.191. The first-order valence-electron chi connectivity index (χ1n) is 8.82. The van der Waals surface area contributed by atoms with Gasteiger partial charge in [-0.1, -0.05) is 0 Å². The van der Waals surface area contributed by atoms with Crippen molar-refractivity contribution < 1.29 is 33.5 Å². The van der Waals surface area contributed by atoms with Gasteiger partial charge in [-0.3, -0.25) is 14.6 Å². The van der Waals surface area contributed by atoms with Crippen LogP contribution in [0.3, 0.4) is 0 Å². The molecule has 1 aromatic heterocycles. The van der Waals surface area contributed by atoms with Crippen molar-refractivity contribution in [2.75, 3.05) is 20.3 Å². The van der Waals surface area contributed by atoms with Crippen LogP contribution in [0.5, 0.6) is 5.75 Å². The maximum Gasteiger partial charge on any atom is 0.503 e. The lowest BCUT2D eigenvalue weighted by molar-refractivity contribution is -0.120. The predicted molar refractivity (Wildman–Crippen MR) is 104 cm³/mol. The fraction of sp³-hybridized carbons (Fsp3) is 0.278. The van der Waals surface area contributed by atoms with E-state index in [9.17, 15) is 24.0 Å². The van der Waals surface area contributed by atoms with Crippen molar-refractivity contribution in [1.29, 1.82) is 0 Å². The Kier molecular flexibility index (Phi) is 9.00. The summed E-state index contributed by atoms with van der Waals surface area (Å²) >= 11 is 0. The quantitative estimate of drug-likeness (QED) is 0.356. The number of carbonyl (C=O) groups is 2. The summed E-state index contributed by atoms with van der Waals surface area (Å²) < 4.78 is 23.2. The van der Waals surface area contributed by atoms with Crippen molar-refractivity contribution in [3.05, 3.63) is 54.4 Å². The molecule has 0 fully saturated rings. The zero-order valence-electron chi connectivity index (χ0n) is 16.1. The van der Waals surface area contributed by atoms with Gasteiger partial charge in [0, 0.05) is 25.9 Å². The Morgan fingerprint density at radius 3 is 2.60 bits per heavy atom. The van der Waals surface area contributed by atoms with Crippen LogP contribution in [0.1, 0.15) is 16.9 Å². The molecule has 0 radical (unpaired) electrons. The summed E-state index contributed by atoms with van der Waals surface area (Å²) in [4.78, 5) is 36.0. The van der Waals surface area contributed by atoms with Gasteiger partial charge >= 0.3 is 7.12 Å². The molecular weight excluding hydrogens is 398 g/mol. The van der Waals surface area contributed by atoms with Gasteiger partial charge in [0.2, 0.25) is 0 Å². The van der Waals surface area contributed by atoms with Crippen molar-refractivity contribution >= 4 is 24.5 Å². The van der Waals surface area contributed by atoms with Crippen LogP contribution in [0.4, 0.5) is 4.39 Å². The van der Waals surface area contributed by atoms with Crippen LogP contribution in [0.25, 0.3) is 0 Å². The lowest BCUT2D eigenvalue weighted by Gasteiger charge is -2.15. The average molecular weight is 418 g/mol. The molecular formula is C18H20BFN4O6. The fourth-order valence-corrected chi connectivity index (χ4v) is 2.26. The average Bonchev–Trinajstić information content (AvgIpc) is 2.74. The first kappa shape index (κ1) is 23.1. The second-order valence-electron chi connectivity index (χ2n) is 5.94. The SMILES string of the molecule is COCC(NC(=O)c1cnccn1)C(=O)N=C(CCOc1ccc(F)cc1)B(O)O. The van der Waals surface area contributed by atoms with Gasteiger partial charge in [-0.2, -0.15) is 0 Å². The normalized spacial score (nSPS) is 12.2. The molecule has 10 nitrogen and oxygen atoms in total. The molecule has 0 spiro atoms. The highest BCUT2D eigenvalue weighted by atomic mass is 19.1. The van der Waals surface area contributed by atoms with E-state index in [1.807, 2.05) is 0 Å². The minimum atomic E-state index is -2.01. The maximum absolute atomic E-state index is 12.9. The number of methoxy groups -OCH3 is 1. The number of hydrogen-bond donors (Lipinski definition) is 3. The Bertz CT molecular complexity index is 867. The summed E-state index contributed by atoms with van der Waals surface area (Å²) in [5.74, 6) is -1.57. The lowest BCUT2D eigenvalue weighted by Crippen LogP contribution is -2.44. The van der Waals surface area contributed by atoms with E-state index in [0.29, 0.717) is 5.75 Å². The maximum atomic E-state index is 12.9. The molecule has 2 rings (SSSR count). The Morgan fingerprint density at radius 2 is 2.00 bits per heavy atom. The highest BCUT2D eigenvalue weighted by molar-refractivity contribution is 6.80. The molecule has 12 heteroatoms. The number of halogens is 1. The van der Waals surface area contributed by atoms with Crippen molar-refractivity contribution in [3.63, 3.8) is 0 Å². The van der Waals surface area contributed by atoms with Crippen LogP contribution in [0.2, 0.25) is 0 Å². The number of carbonyl (C=O) groups excluding carboxylic acids is 2. The van der Waals surface area contributed by atoms with Crippen LogP contribution in [-0.2, 0) is 9.53 Å². The molecule has 0 saturated carbocycles. The van der Waals surface area contributed by atoms with E-state index >= 15 is 0 Å². The van der Waals surface area contributed by atoms with E-state index in [0.717, 1.165) is 0 Å². The molecule has 2 aromatic rings. The molecule has 1 aromatic carbocycles. The number of nitrogens with zero attached hydrogens (tertiary/aromatic N) is 3. The van der Waals surface area contributed by atoms with E-state index in [-0.39, 0.29) is 30.9 Å². The number of amides is 2. The molecule has 0 saturated heterocycles. The van der Waals surface area contributed by atoms with Crippen LogP contribution in [0.15, 0.2) is 47.8 Å². The Hall–Kier alpha value is -3.22. The number of ether oxygens (including phenoxy) is 2. The first-order chi connectivity index (χ1) is 14.4. The van der Waals surface area contributed by atoms with Gasteiger partial charge in [-0.05, 0) is 24.3 Å². The zero-order chi connectivity index (χ0) is 21.9. The third kappa shape index (κ3) is 7.31. The minimum absolute atomic E-state index is 0.00880. The molecule has 1 atom stereocenters. The summed E-state index contributed by atoms with van der Waals surface area (Å²) in [7, 11) is -0.679. The molecule has 0 aliphatic heterocycles. The van der Waals surface area contributed by atoms with Gasteiger partial charge in [0.15, 0.2) is 0 Å². The number of aliphatic imine (C=N–C) groups is 1. The number of rotatable bonds is 10. The topological polar surface area (TPSA) is 143 Å². The van der Waals surface area contributed by atoms with E-state index in [1.165, 1.54) is 50.0 Å². The second-order valence-corrected chi connectivity index (χ2v) is 5.94. The van der Waals surface area contributed by atoms with Crippen LogP contribution in [-0.4, -0.2) is 70.9 Å². The highest BCUT2D eigenvalue weighted by Gasteiger charge is 2.25. The Balaban J connectivity index is 2.02. The van der Waals surface area contributed by atoms with E-state index in [1.54, 1.807) is 0 Å². The third-order valence-electron chi connectivity index (χ3n) is 3.72. The van der Waals surface area contributed by atoms with Crippen LogP contribution in [0, 0.1) is 5.82 Å². The third-order valence-corrected chi connectivity index (χ3v) is 3.72. The highest BCUT2D eigenvalue weighted by Crippen LogP contribution is 2.11. The first-order valence-corrected chi connectivity index (χ1v) is 8.82. The summed E-state index contributed by atoms with van der Waals surface area (Å²) in [6, 6.07) is 4.05. The number of nitrogens with one attached hydrogen (secondary N) is 1.